The van der Waals surface area contributed by atoms with Crippen LogP contribution < -0.4 is 10.1 Å². The molecule has 1 amide bonds. The molecule has 3 rings (SSSR count). The second-order valence-electron chi connectivity index (χ2n) is 5.83. The van der Waals surface area contributed by atoms with Crippen LogP contribution in [0, 0.1) is 11.3 Å². The predicted octanol–water partition coefficient (Wildman–Crippen LogP) is 4.70. The summed E-state index contributed by atoms with van der Waals surface area (Å²) in [5, 5.41) is 12.1. The number of benzene rings is 3. The summed E-state index contributed by atoms with van der Waals surface area (Å²) in [5.74, 6) is 0.951. The molecule has 27 heavy (non-hydrogen) atoms. The Morgan fingerprint density at radius 2 is 1.59 bits per heavy atom. The van der Waals surface area contributed by atoms with Gasteiger partial charge in [0, 0.05) is 6.54 Å². The van der Waals surface area contributed by atoms with Crippen LogP contribution in [0.4, 0.5) is 0 Å². The van der Waals surface area contributed by atoms with Gasteiger partial charge in [-0.3, -0.25) is 4.79 Å². The topological polar surface area (TPSA) is 62.1 Å². The van der Waals surface area contributed by atoms with Crippen LogP contribution in [-0.4, -0.2) is 5.91 Å². The molecule has 0 spiro atoms. The Labute approximate surface area is 158 Å². The zero-order valence-electron chi connectivity index (χ0n) is 14.6. The highest BCUT2D eigenvalue weighted by Gasteiger charge is 2.09. The molecule has 0 radical (unpaired) electrons. The van der Waals surface area contributed by atoms with Crippen molar-refractivity contribution in [1.82, 2.24) is 5.32 Å². The highest BCUT2D eigenvalue weighted by molar-refractivity contribution is 6.01. The number of hydrogen-bond acceptors (Lipinski definition) is 3. The SMILES string of the molecule is N#C/C(=C\c1cccc(Oc2ccccc2)c1)C(=O)NCc1ccccc1. The Balaban J connectivity index is 1.70. The molecule has 0 saturated heterocycles. The maximum atomic E-state index is 12.3. The predicted molar refractivity (Wildman–Crippen MR) is 105 cm³/mol. The van der Waals surface area contributed by atoms with E-state index in [2.05, 4.69) is 5.32 Å². The first-order chi connectivity index (χ1) is 13.2. The normalized spacial score (nSPS) is 10.7. The van der Waals surface area contributed by atoms with Gasteiger partial charge >= 0.3 is 0 Å². The third kappa shape index (κ3) is 5.32. The first-order valence-electron chi connectivity index (χ1n) is 8.51. The van der Waals surface area contributed by atoms with E-state index in [9.17, 15) is 10.1 Å². The quantitative estimate of drug-likeness (QED) is 0.515. The molecule has 0 aliphatic rings. The van der Waals surface area contributed by atoms with E-state index in [4.69, 9.17) is 4.74 Å². The van der Waals surface area contributed by atoms with E-state index < -0.39 is 5.91 Å². The summed E-state index contributed by atoms with van der Waals surface area (Å²) in [6.07, 6.45) is 1.55. The van der Waals surface area contributed by atoms with Crippen LogP contribution in [0.5, 0.6) is 11.5 Å². The lowest BCUT2D eigenvalue weighted by atomic mass is 10.1. The van der Waals surface area contributed by atoms with E-state index in [1.165, 1.54) is 0 Å². The van der Waals surface area contributed by atoms with Gasteiger partial charge in [-0.2, -0.15) is 5.26 Å². The number of rotatable bonds is 6. The Morgan fingerprint density at radius 1 is 0.926 bits per heavy atom. The van der Waals surface area contributed by atoms with Crippen LogP contribution in [0.15, 0.2) is 90.5 Å². The first kappa shape index (κ1) is 18.0. The lowest BCUT2D eigenvalue weighted by molar-refractivity contribution is -0.117. The number of nitrogens with zero attached hydrogens (tertiary/aromatic N) is 1. The Hall–Kier alpha value is -3.84. The van der Waals surface area contributed by atoms with Gasteiger partial charge in [0.15, 0.2) is 0 Å². The molecule has 0 unspecified atom stereocenters. The molecule has 4 heteroatoms. The number of nitrogens with one attached hydrogen (secondary N) is 1. The third-order valence-corrected chi connectivity index (χ3v) is 3.81. The molecular weight excluding hydrogens is 336 g/mol. The molecule has 0 aromatic heterocycles. The van der Waals surface area contributed by atoms with Gasteiger partial charge in [0.2, 0.25) is 0 Å². The van der Waals surface area contributed by atoms with Crippen LogP contribution in [0.3, 0.4) is 0 Å². The van der Waals surface area contributed by atoms with Crippen LogP contribution in [0.2, 0.25) is 0 Å². The van der Waals surface area contributed by atoms with Crippen molar-refractivity contribution in [1.29, 1.82) is 5.26 Å². The minimum Gasteiger partial charge on any atom is -0.457 e. The summed E-state index contributed by atoms with van der Waals surface area (Å²) in [5.41, 5.74) is 1.74. The van der Waals surface area contributed by atoms with Crippen molar-refractivity contribution < 1.29 is 9.53 Å². The Kier molecular flexibility index (Phi) is 6.00. The van der Waals surface area contributed by atoms with Crippen molar-refractivity contribution in [3.8, 4) is 17.6 Å². The number of para-hydroxylation sites is 1. The molecule has 0 heterocycles. The standard InChI is InChI=1S/C23H18N2O2/c24-16-20(23(26)25-17-18-8-3-1-4-9-18)14-19-10-7-13-22(15-19)27-21-11-5-2-6-12-21/h1-15H,17H2,(H,25,26)/b20-14+. The molecule has 0 aliphatic carbocycles. The van der Waals surface area contributed by atoms with Gasteiger partial charge in [-0.1, -0.05) is 60.7 Å². The fraction of sp³-hybridized carbons (Fsp3) is 0.0435. The largest absolute Gasteiger partial charge is 0.457 e. The van der Waals surface area contributed by atoms with Crippen molar-refractivity contribution in [2.75, 3.05) is 0 Å². The molecular formula is C23H18N2O2. The minimum atomic E-state index is -0.407. The molecule has 3 aromatic rings. The number of carbonyl (C=O) groups excluding carboxylic acids is 1. The molecule has 0 saturated carbocycles. The molecule has 0 aliphatic heterocycles. The number of hydrogen-bond donors (Lipinski definition) is 1. The smallest absolute Gasteiger partial charge is 0.262 e. The van der Waals surface area contributed by atoms with Gasteiger partial charge in [0.25, 0.3) is 5.91 Å². The molecule has 4 nitrogen and oxygen atoms in total. The van der Waals surface area contributed by atoms with E-state index in [0.717, 1.165) is 16.9 Å². The molecule has 0 fully saturated rings. The van der Waals surface area contributed by atoms with Crippen molar-refractivity contribution >= 4 is 12.0 Å². The average Bonchev–Trinajstić information content (AvgIpc) is 2.72. The zero-order valence-corrected chi connectivity index (χ0v) is 14.6. The van der Waals surface area contributed by atoms with Crippen molar-refractivity contribution in [3.05, 3.63) is 102 Å². The van der Waals surface area contributed by atoms with Gasteiger partial charge in [0.1, 0.15) is 23.1 Å². The highest BCUT2D eigenvalue weighted by atomic mass is 16.5. The van der Waals surface area contributed by atoms with Crippen LogP contribution in [0.1, 0.15) is 11.1 Å². The monoisotopic (exact) mass is 354 g/mol. The second-order valence-corrected chi connectivity index (χ2v) is 5.83. The fourth-order valence-corrected chi connectivity index (χ4v) is 2.48. The van der Waals surface area contributed by atoms with E-state index in [1.807, 2.05) is 84.9 Å². The van der Waals surface area contributed by atoms with Crippen molar-refractivity contribution in [2.45, 2.75) is 6.54 Å². The average molecular weight is 354 g/mol. The van der Waals surface area contributed by atoms with Crippen molar-refractivity contribution in [3.63, 3.8) is 0 Å². The van der Waals surface area contributed by atoms with Gasteiger partial charge in [-0.05, 0) is 41.5 Å². The van der Waals surface area contributed by atoms with E-state index in [0.29, 0.717) is 12.3 Å². The van der Waals surface area contributed by atoms with Crippen molar-refractivity contribution in [2.24, 2.45) is 0 Å². The molecule has 0 bridgehead atoms. The summed E-state index contributed by atoms with van der Waals surface area (Å²) in [6, 6.07) is 28.2. The van der Waals surface area contributed by atoms with Crippen LogP contribution >= 0.6 is 0 Å². The number of ether oxygens (including phenoxy) is 1. The summed E-state index contributed by atoms with van der Waals surface area (Å²) in [6.45, 7) is 0.371. The molecule has 1 N–H and O–H groups in total. The third-order valence-electron chi connectivity index (χ3n) is 3.81. The van der Waals surface area contributed by atoms with Crippen LogP contribution in [0.25, 0.3) is 6.08 Å². The fourth-order valence-electron chi connectivity index (χ4n) is 2.48. The van der Waals surface area contributed by atoms with E-state index in [-0.39, 0.29) is 5.57 Å². The number of amides is 1. The first-order valence-corrected chi connectivity index (χ1v) is 8.51. The highest BCUT2D eigenvalue weighted by Crippen LogP contribution is 2.22. The van der Waals surface area contributed by atoms with E-state index in [1.54, 1.807) is 12.1 Å². The number of nitriles is 1. The summed E-state index contributed by atoms with van der Waals surface area (Å²) in [7, 11) is 0. The van der Waals surface area contributed by atoms with Gasteiger partial charge in [0.05, 0.1) is 0 Å². The number of carbonyl (C=O) groups is 1. The summed E-state index contributed by atoms with van der Waals surface area (Å²) >= 11 is 0. The molecule has 3 aromatic carbocycles. The second kappa shape index (κ2) is 9.02. The minimum absolute atomic E-state index is 0.0443. The molecule has 132 valence electrons. The van der Waals surface area contributed by atoms with E-state index >= 15 is 0 Å². The van der Waals surface area contributed by atoms with Gasteiger partial charge in [-0.25, -0.2) is 0 Å². The molecule has 0 atom stereocenters. The lowest BCUT2D eigenvalue weighted by Crippen LogP contribution is -2.23. The van der Waals surface area contributed by atoms with Gasteiger partial charge < -0.3 is 10.1 Å². The van der Waals surface area contributed by atoms with Crippen LogP contribution in [-0.2, 0) is 11.3 Å². The lowest BCUT2D eigenvalue weighted by Gasteiger charge is -2.07. The van der Waals surface area contributed by atoms with Gasteiger partial charge in [-0.15, -0.1) is 0 Å². The summed E-state index contributed by atoms with van der Waals surface area (Å²) < 4.78 is 5.79. The zero-order chi connectivity index (χ0) is 18.9. The maximum absolute atomic E-state index is 12.3. The Morgan fingerprint density at radius 3 is 2.30 bits per heavy atom. The maximum Gasteiger partial charge on any atom is 0.262 e. The summed E-state index contributed by atoms with van der Waals surface area (Å²) in [4.78, 5) is 12.3. The Bertz CT molecular complexity index is 974.